The summed E-state index contributed by atoms with van der Waals surface area (Å²) in [5.41, 5.74) is 0.236. The van der Waals surface area contributed by atoms with Gasteiger partial charge in [0.25, 0.3) is 5.56 Å². The third-order valence-electron chi connectivity index (χ3n) is 7.07. The lowest BCUT2D eigenvalue weighted by atomic mass is 10.1. The van der Waals surface area contributed by atoms with Gasteiger partial charge in [0, 0.05) is 49.6 Å². The van der Waals surface area contributed by atoms with Gasteiger partial charge in [-0.25, -0.2) is 27.9 Å². The number of hydrogen-bond acceptors (Lipinski definition) is 7. The summed E-state index contributed by atoms with van der Waals surface area (Å²) in [5, 5.41) is 5.45. The van der Waals surface area contributed by atoms with Crippen LogP contribution < -0.4 is 21.9 Å². The smallest absolute Gasteiger partial charge is 0.338 e. The van der Waals surface area contributed by atoms with Gasteiger partial charge < -0.3 is 15.4 Å². The molecule has 2 N–H and O–H groups in total. The van der Waals surface area contributed by atoms with Crippen LogP contribution >= 0.6 is 11.3 Å². The molecule has 0 saturated heterocycles. The molecule has 0 saturated carbocycles. The van der Waals surface area contributed by atoms with Crippen LogP contribution in [0.25, 0.3) is 26.5 Å². The summed E-state index contributed by atoms with van der Waals surface area (Å²) in [5.74, 6) is -1.53. The van der Waals surface area contributed by atoms with Gasteiger partial charge in [-0.3, -0.25) is 14.3 Å². The first-order valence-corrected chi connectivity index (χ1v) is 14.5. The molecule has 5 rings (SSSR count). The van der Waals surface area contributed by atoms with Crippen molar-refractivity contribution in [3.63, 3.8) is 0 Å². The average Bonchev–Trinajstić information content (AvgIpc) is 3.39. The minimum atomic E-state index is -0.809. The van der Waals surface area contributed by atoms with Crippen LogP contribution in [0.5, 0.6) is 0 Å². The number of fused-ring (bicyclic) bond motifs is 1. The molecule has 0 aliphatic carbocycles. The second-order valence-corrected chi connectivity index (χ2v) is 11.0. The van der Waals surface area contributed by atoms with E-state index >= 15 is 0 Å². The molecule has 0 spiro atoms. The van der Waals surface area contributed by atoms with E-state index in [9.17, 15) is 23.2 Å². The fourth-order valence-corrected chi connectivity index (χ4v) is 6.12. The number of urea groups is 1. The van der Waals surface area contributed by atoms with Crippen LogP contribution in [0.4, 0.5) is 19.3 Å². The van der Waals surface area contributed by atoms with E-state index in [1.807, 2.05) is 11.9 Å². The van der Waals surface area contributed by atoms with E-state index in [1.54, 1.807) is 43.5 Å². The number of aromatic nitrogens is 3. The molecule has 0 aliphatic rings. The number of thiophene rings is 1. The zero-order chi connectivity index (χ0) is 31.4. The predicted octanol–water partition coefficient (Wildman–Crippen LogP) is 4.43. The van der Waals surface area contributed by atoms with Gasteiger partial charge in [-0.2, -0.15) is 0 Å². The normalized spacial score (nSPS) is 11.3. The van der Waals surface area contributed by atoms with Crippen molar-refractivity contribution in [3.05, 3.63) is 110 Å². The number of likely N-dealkylation sites (N-methyl/N-ethyl adjacent to an activating group) is 1. The molecule has 5 aromatic rings. The zero-order valence-electron chi connectivity index (χ0n) is 24.3. The van der Waals surface area contributed by atoms with E-state index in [0.717, 1.165) is 22.3 Å². The highest BCUT2D eigenvalue weighted by molar-refractivity contribution is 7.22. The third-order valence-corrected chi connectivity index (χ3v) is 8.37. The maximum absolute atomic E-state index is 14.9. The lowest BCUT2D eigenvalue weighted by Gasteiger charge is -2.17. The van der Waals surface area contributed by atoms with E-state index in [-0.39, 0.29) is 27.6 Å². The molecule has 2 aromatic carbocycles. The number of carbonyl (C=O) groups excluding carboxylic acids is 1. The molecule has 228 valence electrons. The highest BCUT2D eigenvalue weighted by atomic mass is 32.1. The number of rotatable bonds is 10. The molecule has 0 atom stereocenters. The minimum Gasteiger partial charge on any atom is -0.383 e. The molecular weight excluding hydrogens is 590 g/mol. The minimum absolute atomic E-state index is 0.0863. The number of carbonyl (C=O) groups is 1. The quantitative estimate of drug-likeness (QED) is 0.239. The largest absolute Gasteiger partial charge is 0.383 e. The summed E-state index contributed by atoms with van der Waals surface area (Å²) < 4.78 is 37.2. The van der Waals surface area contributed by atoms with Gasteiger partial charge in [-0.05, 0) is 54.6 Å². The maximum Gasteiger partial charge on any atom is 0.338 e. The van der Waals surface area contributed by atoms with Crippen molar-refractivity contribution in [2.75, 3.05) is 39.7 Å². The summed E-state index contributed by atoms with van der Waals surface area (Å²) >= 11 is 1.18. The Morgan fingerprint density at radius 2 is 1.75 bits per heavy atom. The summed E-state index contributed by atoms with van der Waals surface area (Å²) in [7, 11) is 4.99. The highest BCUT2D eigenvalue weighted by Gasteiger charge is 2.26. The Morgan fingerprint density at radius 3 is 2.39 bits per heavy atom. The lowest BCUT2D eigenvalue weighted by Crippen LogP contribution is -2.39. The molecule has 3 heterocycles. The number of hydrogen-bond donors (Lipinski definition) is 2. The number of nitrogens with one attached hydrogen (secondary N) is 2. The average molecular weight is 621 g/mol. The van der Waals surface area contributed by atoms with Crippen molar-refractivity contribution < 1.29 is 18.3 Å². The van der Waals surface area contributed by atoms with E-state index in [2.05, 4.69) is 15.6 Å². The fraction of sp³-hybridized carbons (Fsp3) is 0.226. The SMILES string of the molecule is CNC(=O)Nc1ccc(-c2sc3c(c2CN(C)CCOC)c(=O)n(-c2ccccn2)c(=O)n3Cc2c(F)cccc2F)cc1. The molecule has 44 heavy (non-hydrogen) atoms. The molecule has 0 fully saturated rings. The van der Waals surface area contributed by atoms with Crippen LogP contribution in [-0.4, -0.2) is 59.4 Å². The van der Waals surface area contributed by atoms with E-state index in [4.69, 9.17) is 4.74 Å². The maximum atomic E-state index is 14.9. The topological polar surface area (TPSA) is 110 Å². The molecule has 0 radical (unpaired) electrons. The molecule has 0 bridgehead atoms. The monoisotopic (exact) mass is 620 g/mol. The van der Waals surface area contributed by atoms with Crippen molar-refractivity contribution in [3.8, 4) is 16.3 Å². The number of methoxy groups -OCH3 is 1. The third kappa shape index (κ3) is 6.16. The second kappa shape index (κ2) is 13.3. The predicted molar refractivity (Wildman–Crippen MR) is 167 cm³/mol. The van der Waals surface area contributed by atoms with Gasteiger partial charge in [-0.15, -0.1) is 11.3 Å². The number of halogens is 2. The Labute approximate surface area is 255 Å². The first-order chi connectivity index (χ1) is 21.2. The Morgan fingerprint density at radius 1 is 1.02 bits per heavy atom. The summed E-state index contributed by atoms with van der Waals surface area (Å²) in [4.78, 5) is 47.2. The summed E-state index contributed by atoms with van der Waals surface area (Å²) in [6, 6.07) is 15.0. The van der Waals surface area contributed by atoms with Crippen molar-refractivity contribution in [1.82, 2.24) is 24.3 Å². The molecule has 2 amide bonds. The number of nitrogens with zero attached hydrogens (tertiary/aromatic N) is 4. The van der Waals surface area contributed by atoms with Crippen molar-refractivity contribution in [2.45, 2.75) is 13.1 Å². The molecule has 0 unspecified atom stereocenters. The van der Waals surface area contributed by atoms with Crippen LogP contribution in [-0.2, 0) is 17.8 Å². The Hall–Kier alpha value is -4.72. The van der Waals surface area contributed by atoms with Gasteiger partial charge in [0.05, 0.1) is 18.5 Å². The molecule has 10 nitrogen and oxygen atoms in total. The Balaban J connectivity index is 1.80. The van der Waals surface area contributed by atoms with Crippen molar-refractivity contribution in [1.29, 1.82) is 0 Å². The molecule has 3 aromatic heterocycles. The van der Waals surface area contributed by atoms with Crippen molar-refractivity contribution >= 4 is 33.3 Å². The van der Waals surface area contributed by atoms with E-state index in [1.165, 1.54) is 41.3 Å². The standard InChI is InChI=1S/C31H30F2N6O4S/c1-34-30(41)36-20-12-10-19(11-13-20)27-22(17-37(2)15-16-43-3)26-28(40)39(25-9-4-5-14-35-25)31(42)38(29(26)44-27)18-21-23(32)7-6-8-24(21)33/h4-14H,15-18H2,1-3H3,(H2,34,36,41). The van der Waals surface area contributed by atoms with E-state index in [0.29, 0.717) is 35.8 Å². The van der Waals surface area contributed by atoms with E-state index < -0.39 is 29.4 Å². The first-order valence-electron chi connectivity index (χ1n) is 13.7. The van der Waals surface area contributed by atoms with Gasteiger partial charge in [0.15, 0.2) is 0 Å². The summed E-state index contributed by atoms with van der Waals surface area (Å²) in [6.45, 7) is 0.857. The van der Waals surface area contributed by atoms with Crippen LogP contribution in [0.15, 0.2) is 76.4 Å². The van der Waals surface area contributed by atoms with Crippen LogP contribution in [0, 0.1) is 11.6 Å². The fourth-order valence-electron chi connectivity index (χ4n) is 4.82. The lowest BCUT2D eigenvalue weighted by molar-refractivity contribution is 0.159. The van der Waals surface area contributed by atoms with Crippen LogP contribution in [0.2, 0.25) is 0 Å². The second-order valence-electron chi connectivity index (χ2n) is 10.00. The van der Waals surface area contributed by atoms with Crippen LogP contribution in [0.3, 0.4) is 0 Å². The van der Waals surface area contributed by atoms with Crippen LogP contribution in [0.1, 0.15) is 11.1 Å². The van der Waals surface area contributed by atoms with Gasteiger partial charge >= 0.3 is 11.7 Å². The number of pyridine rings is 1. The van der Waals surface area contributed by atoms with Gasteiger partial charge in [0.2, 0.25) is 0 Å². The first kappa shape index (κ1) is 30.7. The van der Waals surface area contributed by atoms with Crippen molar-refractivity contribution in [2.24, 2.45) is 0 Å². The molecule has 13 heteroatoms. The Kier molecular flexibility index (Phi) is 9.28. The highest BCUT2D eigenvalue weighted by Crippen LogP contribution is 2.38. The number of benzene rings is 2. The Bertz CT molecular complexity index is 1900. The summed E-state index contributed by atoms with van der Waals surface area (Å²) in [6.07, 6.45) is 1.46. The van der Waals surface area contributed by atoms with Gasteiger partial charge in [0.1, 0.15) is 22.3 Å². The molecular formula is C31H30F2N6O4S. The number of ether oxygens (including phenoxy) is 1. The molecule has 0 aliphatic heterocycles. The van der Waals surface area contributed by atoms with Gasteiger partial charge in [-0.1, -0.05) is 24.3 Å². The zero-order valence-corrected chi connectivity index (χ0v) is 25.1. The number of amides is 2. The number of anilines is 1.